The Labute approximate surface area is 118 Å². The van der Waals surface area contributed by atoms with Gasteiger partial charge in [-0.05, 0) is 31.0 Å². The molecule has 0 bridgehead atoms. The topological polar surface area (TPSA) is 59.0 Å². The lowest BCUT2D eigenvalue weighted by atomic mass is 10.2. The summed E-state index contributed by atoms with van der Waals surface area (Å²) in [6, 6.07) is 7.80. The maximum atomic E-state index is 11.7. The molecule has 1 aromatic carbocycles. The maximum absolute atomic E-state index is 11.7. The first-order chi connectivity index (χ1) is 9.70. The third kappa shape index (κ3) is 3.17. The summed E-state index contributed by atoms with van der Waals surface area (Å²) in [6.07, 6.45) is 5.85. The predicted octanol–water partition coefficient (Wildman–Crippen LogP) is 2.38. The van der Waals surface area contributed by atoms with Crippen LogP contribution < -0.4 is 10.6 Å². The van der Waals surface area contributed by atoms with E-state index in [1.165, 1.54) is 0 Å². The Morgan fingerprint density at radius 2 is 2.20 bits per heavy atom. The summed E-state index contributed by atoms with van der Waals surface area (Å²) in [5, 5.41) is 10.4. The number of anilines is 2. The largest absolute Gasteiger partial charge is 0.381 e. The van der Waals surface area contributed by atoms with E-state index < -0.39 is 0 Å². The van der Waals surface area contributed by atoms with Crippen molar-refractivity contribution in [3.63, 3.8) is 0 Å². The molecule has 1 saturated carbocycles. The Balaban J connectivity index is 1.60. The molecule has 0 spiro atoms. The van der Waals surface area contributed by atoms with Gasteiger partial charge in [0.2, 0.25) is 5.91 Å². The second-order valence-corrected chi connectivity index (χ2v) is 5.22. The summed E-state index contributed by atoms with van der Waals surface area (Å²) >= 11 is 0. The zero-order chi connectivity index (χ0) is 13.9. The third-order valence-corrected chi connectivity index (χ3v) is 3.33. The van der Waals surface area contributed by atoms with Gasteiger partial charge in [0.25, 0.3) is 0 Å². The monoisotopic (exact) mass is 270 g/mol. The Kier molecular flexibility index (Phi) is 3.41. The molecule has 20 heavy (non-hydrogen) atoms. The maximum Gasteiger partial charge on any atom is 0.227 e. The molecule has 0 saturated heterocycles. The smallest absolute Gasteiger partial charge is 0.227 e. The second kappa shape index (κ2) is 5.36. The average Bonchev–Trinajstić information content (AvgIpc) is 3.20. The molecule has 1 aliphatic carbocycles. The van der Waals surface area contributed by atoms with Gasteiger partial charge in [-0.25, -0.2) is 0 Å². The molecule has 1 aromatic heterocycles. The van der Waals surface area contributed by atoms with Gasteiger partial charge in [0, 0.05) is 42.6 Å². The van der Waals surface area contributed by atoms with E-state index in [0.717, 1.165) is 29.8 Å². The summed E-state index contributed by atoms with van der Waals surface area (Å²) in [4.78, 5) is 11.7. The van der Waals surface area contributed by atoms with Crippen molar-refractivity contribution in [1.29, 1.82) is 0 Å². The lowest BCUT2D eigenvalue weighted by Crippen LogP contribution is -2.13. The Morgan fingerprint density at radius 1 is 1.40 bits per heavy atom. The number of benzene rings is 1. The first kappa shape index (κ1) is 12.7. The fourth-order valence-corrected chi connectivity index (χ4v) is 2.06. The first-order valence-corrected chi connectivity index (χ1v) is 6.83. The van der Waals surface area contributed by atoms with Crippen LogP contribution in [0.4, 0.5) is 11.4 Å². The van der Waals surface area contributed by atoms with Crippen LogP contribution in [-0.2, 0) is 18.4 Å². The molecule has 1 heterocycles. The van der Waals surface area contributed by atoms with E-state index in [4.69, 9.17) is 0 Å². The number of carbonyl (C=O) groups excluding carboxylic acids is 1. The molecular weight excluding hydrogens is 252 g/mol. The summed E-state index contributed by atoms with van der Waals surface area (Å²) in [5.41, 5.74) is 2.96. The van der Waals surface area contributed by atoms with E-state index in [1.54, 1.807) is 4.68 Å². The molecule has 0 unspecified atom stereocenters. The van der Waals surface area contributed by atoms with E-state index in [9.17, 15) is 4.79 Å². The van der Waals surface area contributed by atoms with Gasteiger partial charge in [0.05, 0.1) is 6.20 Å². The van der Waals surface area contributed by atoms with Crippen molar-refractivity contribution in [3.05, 3.63) is 42.2 Å². The normalized spacial score (nSPS) is 14.1. The van der Waals surface area contributed by atoms with Gasteiger partial charge in [-0.2, -0.15) is 5.10 Å². The van der Waals surface area contributed by atoms with Crippen molar-refractivity contribution >= 4 is 17.3 Å². The fourth-order valence-electron chi connectivity index (χ4n) is 2.06. The van der Waals surface area contributed by atoms with E-state index in [1.807, 2.05) is 43.7 Å². The fraction of sp³-hybridized carbons (Fsp3) is 0.333. The zero-order valence-corrected chi connectivity index (χ0v) is 11.5. The van der Waals surface area contributed by atoms with Crippen LogP contribution >= 0.6 is 0 Å². The number of nitrogens with one attached hydrogen (secondary N) is 2. The molecule has 0 atom stereocenters. The minimum absolute atomic E-state index is 0.134. The van der Waals surface area contributed by atoms with Crippen LogP contribution in [0, 0.1) is 5.92 Å². The van der Waals surface area contributed by atoms with Crippen molar-refractivity contribution in [2.24, 2.45) is 13.0 Å². The lowest BCUT2D eigenvalue weighted by molar-refractivity contribution is -0.117. The number of carbonyl (C=O) groups is 1. The molecular formula is C15H18N4O. The van der Waals surface area contributed by atoms with Crippen molar-refractivity contribution in [1.82, 2.24) is 9.78 Å². The third-order valence-electron chi connectivity index (χ3n) is 3.33. The number of aromatic nitrogens is 2. The highest BCUT2D eigenvalue weighted by molar-refractivity contribution is 5.94. The van der Waals surface area contributed by atoms with Gasteiger partial charge in [-0.3, -0.25) is 9.48 Å². The molecule has 3 rings (SSSR count). The molecule has 0 radical (unpaired) electrons. The number of aryl methyl sites for hydroxylation is 1. The van der Waals surface area contributed by atoms with Gasteiger partial charge < -0.3 is 10.6 Å². The number of hydrogen-bond acceptors (Lipinski definition) is 3. The average molecular weight is 270 g/mol. The molecule has 2 aromatic rings. The molecule has 2 N–H and O–H groups in total. The predicted molar refractivity (Wildman–Crippen MR) is 78.3 cm³/mol. The quantitative estimate of drug-likeness (QED) is 0.877. The number of hydrogen-bond donors (Lipinski definition) is 2. The summed E-state index contributed by atoms with van der Waals surface area (Å²) in [7, 11) is 1.90. The van der Waals surface area contributed by atoms with Crippen molar-refractivity contribution in [3.8, 4) is 0 Å². The summed E-state index contributed by atoms with van der Waals surface area (Å²) in [6.45, 7) is 0.716. The van der Waals surface area contributed by atoms with Gasteiger partial charge in [-0.15, -0.1) is 0 Å². The Morgan fingerprint density at radius 3 is 2.90 bits per heavy atom. The minimum atomic E-state index is 0.134. The van der Waals surface area contributed by atoms with Crippen molar-refractivity contribution in [2.75, 3.05) is 10.6 Å². The molecule has 0 aliphatic heterocycles. The van der Waals surface area contributed by atoms with E-state index in [2.05, 4.69) is 15.7 Å². The molecule has 5 heteroatoms. The molecule has 104 valence electrons. The van der Waals surface area contributed by atoms with Crippen LogP contribution in [0.2, 0.25) is 0 Å². The molecule has 5 nitrogen and oxygen atoms in total. The van der Waals surface area contributed by atoms with Gasteiger partial charge in [0.15, 0.2) is 0 Å². The van der Waals surface area contributed by atoms with Gasteiger partial charge >= 0.3 is 0 Å². The Hall–Kier alpha value is -2.30. The van der Waals surface area contributed by atoms with E-state index in [0.29, 0.717) is 6.54 Å². The van der Waals surface area contributed by atoms with Crippen LogP contribution in [0.25, 0.3) is 0 Å². The molecule has 1 fully saturated rings. The highest BCUT2D eigenvalue weighted by Gasteiger charge is 2.29. The standard InChI is InChI=1S/C15H18N4O/c1-19-10-11(9-17-19)8-16-13-3-2-4-14(7-13)18-15(20)12-5-6-12/h2-4,7,9-10,12,16H,5-6,8H2,1H3,(H,18,20). The van der Waals surface area contributed by atoms with Crippen molar-refractivity contribution in [2.45, 2.75) is 19.4 Å². The highest BCUT2D eigenvalue weighted by atomic mass is 16.2. The van der Waals surface area contributed by atoms with Crippen LogP contribution in [0.15, 0.2) is 36.7 Å². The molecule has 1 aliphatic rings. The van der Waals surface area contributed by atoms with Crippen LogP contribution in [0.5, 0.6) is 0 Å². The molecule has 1 amide bonds. The summed E-state index contributed by atoms with van der Waals surface area (Å²) in [5.74, 6) is 0.358. The first-order valence-electron chi connectivity index (χ1n) is 6.83. The zero-order valence-electron chi connectivity index (χ0n) is 11.5. The highest BCUT2D eigenvalue weighted by Crippen LogP contribution is 2.30. The van der Waals surface area contributed by atoms with Crippen molar-refractivity contribution < 1.29 is 4.79 Å². The summed E-state index contributed by atoms with van der Waals surface area (Å²) < 4.78 is 1.78. The van der Waals surface area contributed by atoms with Crippen LogP contribution in [0.1, 0.15) is 18.4 Å². The van der Waals surface area contributed by atoms with E-state index in [-0.39, 0.29) is 11.8 Å². The van der Waals surface area contributed by atoms with Crippen LogP contribution in [-0.4, -0.2) is 15.7 Å². The van der Waals surface area contributed by atoms with Crippen LogP contribution in [0.3, 0.4) is 0 Å². The Bertz CT molecular complexity index is 616. The minimum Gasteiger partial charge on any atom is -0.381 e. The second-order valence-electron chi connectivity index (χ2n) is 5.22. The SMILES string of the molecule is Cn1cc(CNc2cccc(NC(=O)C3CC3)c2)cn1. The lowest BCUT2D eigenvalue weighted by Gasteiger charge is -2.08. The van der Waals surface area contributed by atoms with E-state index >= 15 is 0 Å². The number of nitrogens with zero attached hydrogens (tertiary/aromatic N) is 2. The van der Waals surface area contributed by atoms with Gasteiger partial charge in [0.1, 0.15) is 0 Å². The number of rotatable bonds is 5. The number of amides is 1. The van der Waals surface area contributed by atoms with Gasteiger partial charge in [-0.1, -0.05) is 6.07 Å².